The van der Waals surface area contributed by atoms with E-state index in [9.17, 15) is 15.3 Å². The number of hydrogen-bond donors (Lipinski definition) is 3. The maximum Gasteiger partial charge on any atom is 0.229 e. The number of benzene rings is 3. The van der Waals surface area contributed by atoms with Gasteiger partial charge in [-0.25, -0.2) is 0 Å². The van der Waals surface area contributed by atoms with Crippen LogP contribution in [0, 0.1) is 0 Å². The van der Waals surface area contributed by atoms with Crippen LogP contribution in [0.5, 0.6) is 5.75 Å². The first-order chi connectivity index (χ1) is 11.7. The molecule has 3 N–H and O–H groups in total. The largest absolute Gasteiger partial charge is 0.461 e. The Kier molecular flexibility index (Phi) is 3.86. The van der Waals surface area contributed by atoms with Gasteiger partial charge in [0.05, 0.1) is 6.61 Å². The summed E-state index contributed by atoms with van der Waals surface area (Å²) in [7, 11) is 0. The normalized spacial score (nSPS) is 27.0. The second-order valence-corrected chi connectivity index (χ2v) is 5.97. The molecule has 0 spiro atoms. The molecule has 0 saturated carbocycles. The number of ether oxygens (including phenoxy) is 2. The Hall–Kier alpha value is -2.18. The fraction of sp³-hybridized carbons (Fsp3) is 0.263. The van der Waals surface area contributed by atoms with E-state index in [1.165, 1.54) is 0 Å². The average Bonchev–Trinajstić information content (AvgIpc) is 2.90. The van der Waals surface area contributed by atoms with Crippen LogP contribution in [0.4, 0.5) is 0 Å². The summed E-state index contributed by atoms with van der Waals surface area (Å²) in [6.07, 6.45) is -4.27. The highest BCUT2D eigenvalue weighted by molar-refractivity contribution is 6.10. The zero-order chi connectivity index (χ0) is 16.7. The van der Waals surface area contributed by atoms with Gasteiger partial charge in [-0.2, -0.15) is 0 Å². The minimum atomic E-state index is -1.22. The lowest BCUT2D eigenvalue weighted by atomic mass is 10.0. The molecule has 4 rings (SSSR count). The van der Waals surface area contributed by atoms with Gasteiger partial charge in [-0.15, -0.1) is 0 Å². The highest BCUT2D eigenvalue weighted by atomic mass is 16.7. The van der Waals surface area contributed by atoms with Crippen LogP contribution < -0.4 is 4.74 Å². The number of fused-ring (bicyclic) bond motifs is 3. The predicted molar refractivity (Wildman–Crippen MR) is 89.8 cm³/mol. The summed E-state index contributed by atoms with van der Waals surface area (Å²) in [6.45, 7) is -0.378. The fourth-order valence-electron chi connectivity index (χ4n) is 3.21. The number of aliphatic hydroxyl groups is 3. The predicted octanol–water partition coefficient (Wildman–Crippen LogP) is 1.81. The molecule has 24 heavy (non-hydrogen) atoms. The van der Waals surface area contributed by atoms with Crippen molar-refractivity contribution in [2.45, 2.75) is 24.6 Å². The van der Waals surface area contributed by atoms with Gasteiger partial charge in [0.15, 0.2) is 0 Å². The molecule has 3 aromatic carbocycles. The van der Waals surface area contributed by atoms with E-state index in [2.05, 4.69) is 0 Å². The van der Waals surface area contributed by atoms with Gasteiger partial charge in [-0.3, -0.25) is 0 Å². The van der Waals surface area contributed by atoms with Crippen LogP contribution in [0.3, 0.4) is 0 Å². The molecule has 5 nitrogen and oxygen atoms in total. The maximum atomic E-state index is 10.1. The molecular formula is C19H18O5. The lowest BCUT2D eigenvalue weighted by molar-refractivity contribution is -0.115. The topological polar surface area (TPSA) is 79.2 Å². The van der Waals surface area contributed by atoms with E-state index in [-0.39, 0.29) is 6.61 Å². The number of hydrogen-bond acceptors (Lipinski definition) is 5. The molecule has 0 aliphatic carbocycles. The highest BCUT2D eigenvalue weighted by Gasteiger charge is 2.44. The van der Waals surface area contributed by atoms with Gasteiger partial charge in [0, 0.05) is 5.39 Å². The van der Waals surface area contributed by atoms with E-state index in [4.69, 9.17) is 9.47 Å². The summed E-state index contributed by atoms with van der Waals surface area (Å²) in [5.74, 6) is 0.569. The molecule has 5 heteroatoms. The van der Waals surface area contributed by atoms with E-state index in [0.717, 1.165) is 21.5 Å². The third-order valence-corrected chi connectivity index (χ3v) is 4.47. The van der Waals surface area contributed by atoms with E-state index in [1.54, 1.807) is 0 Å². The molecule has 0 bridgehead atoms. The average molecular weight is 326 g/mol. The molecule has 0 amide bonds. The summed E-state index contributed by atoms with van der Waals surface area (Å²) >= 11 is 0. The van der Waals surface area contributed by atoms with Crippen LogP contribution in [0.25, 0.3) is 21.5 Å². The molecule has 3 aromatic rings. The van der Waals surface area contributed by atoms with Gasteiger partial charge in [0.1, 0.15) is 24.1 Å². The molecule has 1 unspecified atom stereocenters. The van der Waals surface area contributed by atoms with E-state index >= 15 is 0 Å². The van der Waals surface area contributed by atoms with Crippen molar-refractivity contribution in [1.29, 1.82) is 0 Å². The first kappa shape index (κ1) is 15.4. The molecule has 1 aliphatic rings. The fourth-order valence-corrected chi connectivity index (χ4v) is 3.21. The second-order valence-electron chi connectivity index (χ2n) is 5.97. The zero-order valence-electron chi connectivity index (χ0n) is 12.9. The molecule has 124 valence electrons. The Bertz CT molecular complexity index is 878. The third-order valence-electron chi connectivity index (χ3n) is 4.47. The van der Waals surface area contributed by atoms with Crippen LogP contribution in [-0.4, -0.2) is 46.5 Å². The molecule has 4 atom stereocenters. The van der Waals surface area contributed by atoms with Crippen molar-refractivity contribution in [3.63, 3.8) is 0 Å². The second kappa shape index (κ2) is 6.03. The van der Waals surface area contributed by atoms with Crippen molar-refractivity contribution in [2.75, 3.05) is 6.61 Å². The molecule has 1 aliphatic heterocycles. The van der Waals surface area contributed by atoms with Crippen LogP contribution in [0.2, 0.25) is 0 Å². The third kappa shape index (κ3) is 2.42. The molecular weight excluding hydrogens is 308 g/mol. The first-order valence-electron chi connectivity index (χ1n) is 7.88. The maximum absolute atomic E-state index is 10.1. The van der Waals surface area contributed by atoms with Crippen LogP contribution >= 0.6 is 0 Å². The van der Waals surface area contributed by atoms with Crippen molar-refractivity contribution in [1.82, 2.24) is 0 Å². The van der Waals surface area contributed by atoms with Crippen molar-refractivity contribution in [3.8, 4) is 5.75 Å². The number of rotatable bonds is 3. The van der Waals surface area contributed by atoms with E-state index in [1.807, 2.05) is 54.6 Å². The van der Waals surface area contributed by atoms with Crippen molar-refractivity contribution in [3.05, 3.63) is 54.6 Å². The first-order valence-corrected chi connectivity index (χ1v) is 7.88. The standard InChI is InChI=1S/C19H18O5/c20-10-16-17(21)18(22)19(24-16)23-15-9-11-5-1-2-6-12(11)13-7-3-4-8-14(13)15/h1-9,16-22H,10H2/t16-,17+,18-,19?/m1/s1. The van der Waals surface area contributed by atoms with E-state index < -0.39 is 24.6 Å². The monoisotopic (exact) mass is 326 g/mol. The van der Waals surface area contributed by atoms with Gasteiger partial charge in [-0.1, -0.05) is 48.5 Å². The summed E-state index contributed by atoms with van der Waals surface area (Å²) in [5, 5.41) is 33.2. The quantitative estimate of drug-likeness (QED) is 0.640. The number of aliphatic hydroxyl groups excluding tert-OH is 3. The lowest BCUT2D eigenvalue weighted by Gasteiger charge is -2.19. The molecule has 1 fully saturated rings. The Morgan fingerprint density at radius 2 is 1.54 bits per heavy atom. The SMILES string of the molecule is OC[C@H]1OC(Oc2cc3ccccc3c3ccccc23)[C@H](O)[C@H]1O. The molecule has 0 aromatic heterocycles. The van der Waals surface area contributed by atoms with E-state index in [0.29, 0.717) is 5.75 Å². The molecule has 1 heterocycles. The summed E-state index contributed by atoms with van der Waals surface area (Å²) < 4.78 is 11.3. The Balaban J connectivity index is 1.79. The Labute approximate surface area is 138 Å². The summed E-state index contributed by atoms with van der Waals surface area (Å²) in [5.41, 5.74) is 0. The Morgan fingerprint density at radius 3 is 2.25 bits per heavy atom. The van der Waals surface area contributed by atoms with Crippen LogP contribution in [0.1, 0.15) is 0 Å². The highest BCUT2D eigenvalue weighted by Crippen LogP contribution is 2.35. The van der Waals surface area contributed by atoms with Gasteiger partial charge in [-0.05, 0) is 22.2 Å². The van der Waals surface area contributed by atoms with Crippen LogP contribution in [0.15, 0.2) is 54.6 Å². The minimum Gasteiger partial charge on any atom is -0.461 e. The van der Waals surface area contributed by atoms with Gasteiger partial charge in [0.2, 0.25) is 6.29 Å². The Morgan fingerprint density at radius 1 is 0.875 bits per heavy atom. The van der Waals surface area contributed by atoms with Gasteiger partial charge in [0.25, 0.3) is 0 Å². The van der Waals surface area contributed by atoms with Crippen molar-refractivity contribution in [2.24, 2.45) is 0 Å². The van der Waals surface area contributed by atoms with Gasteiger partial charge >= 0.3 is 0 Å². The lowest BCUT2D eigenvalue weighted by Crippen LogP contribution is -2.35. The summed E-state index contributed by atoms with van der Waals surface area (Å²) in [4.78, 5) is 0. The van der Waals surface area contributed by atoms with Crippen molar-refractivity contribution >= 4 is 21.5 Å². The van der Waals surface area contributed by atoms with Gasteiger partial charge < -0.3 is 24.8 Å². The summed E-state index contributed by atoms with van der Waals surface area (Å²) in [6, 6.07) is 17.7. The molecule has 1 saturated heterocycles. The van der Waals surface area contributed by atoms with Crippen LogP contribution in [-0.2, 0) is 4.74 Å². The van der Waals surface area contributed by atoms with Crippen molar-refractivity contribution < 1.29 is 24.8 Å². The minimum absolute atomic E-state index is 0.378. The zero-order valence-corrected chi connectivity index (χ0v) is 12.9. The molecule has 0 radical (unpaired) electrons. The smallest absolute Gasteiger partial charge is 0.229 e.